The quantitative estimate of drug-likeness (QED) is 0.790. The normalized spacial score (nSPS) is 17.6. The molecule has 0 aromatic heterocycles. The van der Waals surface area contributed by atoms with Crippen molar-refractivity contribution >= 4 is 0 Å². The molecule has 0 radical (unpaired) electrons. The van der Waals surface area contributed by atoms with Gasteiger partial charge in [0.2, 0.25) is 0 Å². The van der Waals surface area contributed by atoms with Gasteiger partial charge in [0.1, 0.15) is 5.82 Å². The van der Waals surface area contributed by atoms with Gasteiger partial charge in [0.25, 0.3) is 0 Å². The van der Waals surface area contributed by atoms with Gasteiger partial charge in [-0.2, -0.15) is 0 Å². The highest BCUT2D eigenvalue weighted by Gasteiger charge is 2.07. The number of piperazine rings is 1. The van der Waals surface area contributed by atoms with Crippen LogP contribution in [0.5, 0.6) is 0 Å². The number of nitrogens with one attached hydrogen (secondary N) is 2. The first-order valence-electron chi connectivity index (χ1n) is 5.73. The van der Waals surface area contributed by atoms with Gasteiger partial charge >= 0.3 is 0 Å². The fourth-order valence-electron chi connectivity index (χ4n) is 1.83. The van der Waals surface area contributed by atoms with Crippen molar-refractivity contribution in [2.45, 2.75) is 6.54 Å². The molecule has 88 valence electrons. The lowest BCUT2D eigenvalue weighted by molar-refractivity contribution is 0.223. The van der Waals surface area contributed by atoms with Crippen LogP contribution in [0.1, 0.15) is 5.56 Å². The molecule has 0 atom stereocenters. The Morgan fingerprint density at radius 3 is 2.56 bits per heavy atom. The third-order valence-corrected chi connectivity index (χ3v) is 2.79. The van der Waals surface area contributed by atoms with Crippen molar-refractivity contribution in [1.29, 1.82) is 0 Å². The Labute approximate surface area is 95.6 Å². The Kier molecular flexibility index (Phi) is 4.27. The van der Waals surface area contributed by atoms with Crippen LogP contribution in [0.25, 0.3) is 0 Å². The maximum Gasteiger partial charge on any atom is 0.123 e. The van der Waals surface area contributed by atoms with E-state index >= 15 is 0 Å². The molecular weight excluding hydrogens is 205 g/mol. The molecule has 2 rings (SSSR count). The molecular formula is C12H18FN3. The van der Waals surface area contributed by atoms with Crippen LogP contribution >= 0.6 is 0 Å². The van der Waals surface area contributed by atoms with E-state index in [2.05, 4.69) is 15.5 Å². The lowest BCUT2D eigenvalue weighted by atomic mass is 10.2. The maximum absolute atomic E-state index is 12.7. The average molecular weight is 223 g/mol. The SMILES string of the molecule is Fc1ccc(CNCN2CCNCC2)cc1. The highest BCUT2D eigenvalue weighted by Crippen LogP contribution is 2.02. The van der Waals surface area contributed by atoms with Gasteiger partial charge in [0, 0.05) is 39.4 Å². The number of rotatable bonds is 4. The number of hydrogen-bond donors (Lipinski definition) is 2. The maximum atomic E-state index is 12.7. The lowest BCUT2D eigenvalue weighted by Crippen LogP contribution is -2.46. The fourth-order valence-corrected chi connectivity index (χ4v) is 1.83. The molecule has 1 heterocycles. The van der Waals surface area contributed by atoms with Crippen molar-refractivity contribution in [3.05, 3.63) is 35.6 Å². The second-order valence-electron chi connectivity index (χ2n) is 4.08. The topological polar surface area (TPSA) is 27.3 Å². The van der Waals surface area contributed by atoms with E-state index in [1.54, 1.807) is 0 Å². The van der Waals surface area contributed by atoms with E-state index in [1.807, 2.05) is 12.1 Å². The van der Waals surface area contributed by atoms with E-state index in [0.717, 1.165) is 45.0 Å². The van der Waals surface area contributed by atoms with Crippen molar-refractivity contribution in [1.82, 2.24) is 15.5 Å². The summed E-state index contributed by atoms with van der Waals surface area (Å²) in [5.74, 6) is -0.175. The van der Waals surface area contributed by atoms with Gasteiger partial charge in [-0.05, 0) is 17.7 Å². The minimum atomic E-state index is -0.175. The average Bonchev–Trinajstić information content (AvgIpc) is 2.33. The minimum absolute atomic E-state index is 0.175. The molecule has 0 unspecified atom stereocenters. The molecule has 0 amide bonds. The largest absolute Gasteiger partial charge is 0.314 e. The van der Waals surface area contributed by atoms with Crippen LogP contribution in [0.4, 0.5) is 4.39 Å². The Balaban J connectivity index is 1.69. The third-order valence-electron chi connectivity index (χ3n) is 2.79. The van der Waals surface area contributed by atoms with E-state index in [1.165, 1.54) is 12.1 Å². The van der Waals surface area contributed by atoms with E-state index in [0.29, 0.717) is 0 Å². The van der Waals surface area contributed by atoms with Crippen LogP contribution < -0.4 is 10.6 Å². The van der Waals surface area contributed by atoms with Crippen LogP contribution in [0, 0.1) is 5.82 Å². The fraction of sp³-hybridized carbons (Fsp3) is 0.500. The molecule has 1 aromatic rings. The van der Waals surface area contributed by atoms with Gasteiger partial charge in [-0.3, -0.25) is 4.90 Å². The molecule has 1 aliphatic heterocycles. The number of hydrogen-bond acceptors (Lipinski definition) is 3. The standard InChI is InChI=1S/C12H18FN3/c13-12-3-1-11(2-4-12)9-15-10-16-7-5-14-6-8-16/h1-4,14-15H,5-10H2. The minimum Gasteiger partial charge on any atom is -0.314 e. The molecule has 0 spiro atoms. The van der Waals surface area contributed by atoms with Crippen LogP contribution in [0.3, 0.4) is 0 Å². The van der Waals surface area contributed by atoms with Crippen LogP contribution in [0.2, 0.25) is 0 Å². The summed E-state index contributed by atoms with van der Waals surface area (Å²) in [6, 6.07) is 6.64. The molecule has 1 saturated heterocycles. The summed E-state index contributed by atoms with van der Waals surface area (Å²) in [5, 5.41) is 6.68. The van der Waals surface area contributed by atoms with Crippen molar-refractivity contribution in [3.63, 3.8) is 0 Å². The van der Waals surface area contributed by atoms with Gasteiger partial charge in [0.05, 0.1) is 0 Å². The summed E-state index contributed by atoms with van der Waals surface area (Å²) in [5.41, 5.74) is 1.12. The second kappa shape index (κ2) is 5.94. The predicted molar refractivity (Wildman–Crippen MR) is 62.5 cm³/mol. The van der Waals surface area contributed by atoms with Crippen molar-refractivity contribution < 1.29 is 4.39 Å². The molecule has 2 N–H and O–H groups in total. The molecule has 1 aliphatic rings. The first-order chi connectivity index (χ1) is 7.84. The Bertz CT molecular complexity index is 307. The molecule has 1 fully saturated rings. The van der Waals surface area contributed by atoms with Gasteiger partial charge < -0.3 is 10.6 Å². The van der Waals surface area contributed by atoms with Crippen LogP contribution in [0.15, 0.2) is 24.3 Å². The zero-order valence-corrected chi connectivity index (χ0v) is 9.38. The molecule has 1 aromatic carbocycles. The van der Waals surface area contributed by atoms with Gasteiger partial charge in [-0.1, -0.05) is 12.1 Å². The summed E-state index contributed by atoms with van der Waals surface area (Å²) in [4.78, 5) is 2.38. The number of nitrogens with zero attached hydrogens (tertiary/aromatic N) is 1. The zero-order chi connectivity index (χ0) is 11.2. The molecule has 16 heavy (non-hydrogen) atoms. The smallest absolute Gasteiger partial charge is 0.123 e. The number of benzene rings is 1. The number of halogens is 1. The molecule has 0 aliphatic carbocycles. The Hall–Kier alpha value is -0.970. The van der Waals surface area contributed by atoms with Gasteiger partial charge in [0.15, 0.2) is 0 Å². The third kappa shape index (κ3) is 3.56. The predicted octanol–water partition coefficient (Wildman–Crippen LogP) is 0.778. The molecule has 3 nitrogen and oxygen atoms in total. The van der Waals surface area contributed by atoms with E-state index in [9.17, 15) is 4.39 Å². The van der Waals surface area contributed by atoms with Gasteiger partial charge in [-0.25, -0.2) is 4.39 Å². The summed E-state index contributed by atoms with van der Waals surface area (Å²) in [7, 11) is 0. The van der Waals surface area contributed by atoms with Crippen molar-refractivity contribution in [2.75, 3.05) is 32.8 Å². The summed E-state index contributed by atoms with van der Waals surface area (Å²) in [6.45, 7) is 6.02. The van der Waals surface area contributed by atoms with Crippen LogP contribution in [-0.2, 0) is 6.54 Å². The summed E-state index contributed by atoms with van der Waals surface area (Å²) < 4.78 is 12.7. The van der Waals surface area contributed by atoms with E-state index in [-0.39, 0.29) is 5.82 Å². The van der Waals surface area contributed by atoms with Crippen molar-refractivity contribution in [3.8, 4) is 0 Å². The van der Waals surface area contributed by atoms with Crippen LogP contribution in [-0.4, -0.2) is 37.7 Å². The molecule has 0 bridgehead atoms. The highest BCUT2D eigenvalue weighted by molar-refractivity contribution is 5.15. The zero-order valence-electron chi connectivity index (χ0n) is 9.38. The van der Waals surface area contributed by atoms with Gasteiger partial charge in [-0.15, -0.1) is 0 Å². The lowest BCUT2D eigenvalue weighted by Gasteiger charge is -2.27. The molecule has 4 heteroatoms. The van der Waals surface area contributed by atoms with Crippen molar-refractivity contribution in [2.24, 2.45) is 0 Å². The Morgan fingerprint density at radius 1 is 1.19 bits per heavy atom. The summed E-state index contributed by atoms with van der Waals surface area (Å²) in [6.07, 6.45) is 0. The monoisotopic (exact) mass is 223 g/mol. The molecule has 0 saturated carbocycles. The first-order valence-corrected chi connectivity index (χ1v) is 5.73. The first kappa shape index (κ1) is 11.5. The van der Waals surface area contributed by atoms with E-state index < -0.39 is 0 Å². The highest BCUT2D eigenvalue weighted by atomic mass is 19.1. The second-order valence-corrected chi connectivity index (χ2v) is 4.08. The Morgan fingerprint density at radius 2 is 1.88 bits per heavy atom. The van der Waals surface area contributed by atoms with E-state index in [4.69, 9.17) is 0 Å². The summed E-state index contributed by atoms with van der Waals surface area (Å²) >= 11 is 0.